The van der Waals surface area contributed by atoms with E-state index in [9.17, 15) is 0 Å². The Kier molecular flexibility index (Phi) is 29.5. The molecule has 0 saturated carbocycles. The summed E-state index contributed by atoms with van der Waals surface area (Å²) in [7, 11) is 0. The van der Waals surface area contributed by atoms with E-state index in [0.29, 0.717) is 0 Å². The average Bonchev–Trinajstić information content (AvgIpc) is 1.95. The Hall–Kier alpha value is 3.39. The summed E-state index contributed by atoms with van der Waals surface area (Å²) in [6.07, 6.45) is 0. The topological polar surface area (TPSA) is 95.2 Å². The first-order chi connectivity index (χ1) is 4.24. The number of rotatable bonds is 0. The van der Waals surface area contributed by atoms with Gasteiger partial charge in [0.05, 0.1) is 0 Å². The van der Waals surface area contributed by atoms with Crippen LogP contribution in [0.2, 0.25) is 0 Å². The van der Waals surface area contributed by atoms with Gasteiger partial charge >= 0.3 is 208 Å². The van der Waals surface area contributed by atoms with Crippen molar-refractivity contribution in [2.75, 3.05) is 0 Å². The smallest absolute Gasteiger partial charge is 1.00 e. The van der Waals surface area contributed by atoms with E-state index in [2.05, 4.69) is 0 Å². The van der Waals surface area contributed by atoms with E-state index < -0.39 is 12.8 Å². The van der Waals surface area contributed by atoms with Gasteiger partial charge in [0.2, 0.25) is 0 Å². The molecular formula is C4CuK3N4. The molecule has 0 fully saturated rings. The third-order valence-electron chi connectivity index (χ3n) is 0.405. The van der Waals surface area contributed by atoms with Gasteiger partial charge in [-0.3, -0.25) is 0 Å². The molecule has 8 heteroatoms. The standard InChI is InChI=1S/4CN.Cu.3K/c4*1-2;;;;/q;;;;-3;3*+1. The summed E-state index contributed by atoms with van der Waals surface area (Å²) in [6.45, 7) is 0. The SMILES string of the molecule is N#[C][Cu-3]([C]#N)([C]#N)[C]#N.[K+].[K+].[K+]. The molecule has 0 radical (unpaired) electrons. The summed E-state index contributed by atoms with van der Waals surface area (Å²) in [5, 5.41) is 32.4. The van der Waals surface area contributed by atoms with E-state index in [0.717, 1.165) is 0 Å². The van der Waals surface area contributed by atoms with Crippen molar-refractivity contribution >= 4 is 0 Å². The monoisotopic (exact) mass is 284 g/mol. The van der Waals surface area contributed by atoms with E-state index in [-0.39, 0.29) is 154 Å². The van der Waals surface area contributed by atoms with Crippen LogP contribution in [0.1, 0.15) is 0 Å². The van der Waals surface area contributed by atoms with Crippen molar-refractivity contribution in [3.63, 3.8) is 0 Å². The average molecular weight is 285 g/mol. The minimum atomic E-state index is -2.88. The second kappa shape index (κ2) is 14.4. The third kappa shape index (κ3) is 8.68. The molecule has 12 heavy (non-hydrogen) atoms. The zero-order valence-electron chi connectivity index (χ0n) is 7.09. The molecule has 0 aromatic rings. The molecule has 50 valence electrons. The Morgan fingerprint density at radius 3 is 0.750 bits per heavy atom. The van der Waals surface area contributed by atoms with Gasteiger partial charge in [0, 0.05) is 0 Å². The van der Waals surface area contributed by atoms with Crippen LogP contribution in [-0.4, -0.2) is 0 Å². The maximum absolute atomic E-state index is 8.09. The molecule has 0 saturated heterocycles. The van der Waals surface area contributed by atoms with Gasteiger partial charge in [-0.2, -0.15) is 0 Å². The number of nitriles is 4. The van der Waals surface area contributed by atoms with Crippen molar-refractivity contribution < 1.29 is 167 Å². The van der Waals surface area contributed by atoms with Crippen LogP contribution in [-0.2, 0) is 12.8 Å². The third-order valence-corrected chi connectivity index (χ3v) is 1.67. The molecule has 0 unspecified atom stereocenters. The van der Waals surface area contributed by atoms with Crippen LogP contribution < -0.4 is 154 Å². The first kappa shape index (κ1) is 24.6. The largest absolute Gasteiger partial charge is 1.00 e. The first-order valence-corrected chi connectivity index (χ1v) is 3.38. The zero-order valence-corrected chi connectivity index (χ0v) is 17.4. The molecule has 0 atom stereocenters. The van der Waals surface area contributed by atoms with Crippen LogP contribution >= 0.6 is 0 Å². The molecular weight excluding hydrogens is 285 g/mol. The second-order valence-corrected chi connectivity index (χ2v) is 2.98. The maximum Gasteiger partial charge on any atom is 1.00 e. The van der Waals surface area contributed by atoms with Gasteiger partial charge in [0.25, 0.3) is 0 Å². The van der Waals surface area contributed by atoms with Crippen molar-refractivity contribution in [1.29, 1.82) is 21.0 Å². The molecule has 0 rings (SSSR count). The Balaban J connectivity index is -0.000000107. The molecule has 0 aliphatic rings. The molecule has 0 aliphatic carbocycles. The Bertz CT molecular complexity index is 215. The number of nitrogens with zero attached hydrogens (tertiary/aromatic N) is 4. The van der Waals surface area contributed by atoms with Crippen molar-refractivity contribution in [1.82, 2.24) is 0 Å². The van der Waals surface area contributed by atoms with Crippen LogP contribution in [0.4, 0.5) is 0 Å². The van der Waals surface area contributed by atoms with Crippen LogP contribution in [0.15, 0.2) is 0 Å². The molecule has 0 amide bonds. The van der Waals surface area contributed by atoms with Crippen molar-refractivity contribution in [2.24, 2.45) is 0 Å². The predicted molar refractivity (Wildman–Crippen MR) is 22.5 cm³/mol. The molecule has 0 spiro atoms. The van der Waals surface area contributed by atoms with E-state index >= 15 is 0 Å². The minimum absolute atomic E-state index is 0. The number of hydrogen-bond donors (Lipinski definition) is 0. The van der Waals surface area contributed by atoms with Gasteiger partial charge in [-0.1, -0.05) is 0 Å². The van der Waals surface area contributed by atoms with Crippen molar-refractivity contribution in [3.8, 4) is 19.9 Å². The quantitative estimate of drug-likeness (QED) is 0.413. The van der Waals surface area contributed by atoms with Crippen molar-refractivity contribution in [3.05, 3.63) is 0 Å². The summed E-state index contributed by atoms with van der Waals surface area (Å²) in [5.41, 5.74) is 0. The van der Waals surface area contributed by atoms with E-state index in [1.54, 1.807) is 0 Å². The van der Waals surface area contributed by atoms with Crippen LogP contribution in [0.3, 0.4) is 0 Å². The van der Waals surface area contributed by atoms with Crippen LogP contribution in [0.5, 0.6) is 0 Å². The van der Waals surface area contributed by atoms with Crippen molar-refractivity contribution in [2.45, 2.75) is 0 Å². The second-order valence-electron chi connectivity index (χ2n) is 0.722. The summed E-state index contributed by atoms with van der Waals surface area (Å²) >= 11 is -2.88. The molecule has 0 heterocycles. The van der Waals surface area contributed by atoms with Gasteiger partial charge in [0.15, 0.2) is 0 Å². The van der Waals surface area contributed by atoms with Crippen LogP contribution in [0.25, 0.3) is 0 Å². The Labute approximate surface area is 201 Å². The van der Waals surface area contributed by atoms with Crippen LogP contribution in [0, 0.1) is 40.9 Å². The van der Waals surface area contributed by atoms with E-state index in [1.165, 1.54) is 19.9 Å². The molecule has 0 aromatic carbocycles. The normalized spacial score (nSPS) is 7.00. The van der Waals surface area contributed by atoms with Gasteiger partial charge in [0.1, 0.15) is 0 Å². The summed E-state index contributed by atoms with van der Waals surface area (Å²) in [6, 6.07) is 0. The number of hydrogen-bond acceptors (Lipinski definition) is 4. The summed E-state index contributed by atoms with van der Waals surface area (Å²) in [4.78, 5) is 5.44. The Morgan fingerprint density at radius 2 is 0.750 bits per heavy atom. The van der Waals surface area contributed by atoms with Gasteiger partial charge in [-0.05, 0) is 0 Å². The van der Waals surface area contributed by atoms with E-state index in [1.807, 2.05) is 0 Å². The summed E-state index contributed by atoms with van der Waals surface area (Å²) in [5.74, 6) is 0. The fourth-order valence-corrected chi connectivity index (χ4v) is 0.373. The molecule has 0 aromatic heterocycles. The molecule has 0 aliphatic heterocycles. The molecule has 0 bridgehead atoms. The summed E-state index contributed by atoms with van der Waals surface area (Å²) < 4.78 is 0. The zero-order chi connectivity index (χ0) is 7.33. The fraction of sp³-hybridized carbons (Fsp3) is 0. The first-order valence-electron chi connectivity index (χ1n) is 1.50. The van der Waals surface area contributed by atoms with Gasteiger partial charge < -0.3 is 0 Å². The Morgan fingerprint density at radius 1 is 0.583 bits per heavy atom. The van der Waals surface area contributed by atoms with Gasteiger partial charge in [-0.25, -0.2) is 0 Å². The fourth-order valence-electron chi connectivity index (χ4n) is 0.0905. The van der Waals surface area contributed by atoms with E-state index in [4.69, 9.17) is 21.0 Å². The minimum Gasteiger partial charge on any atom is 1.00 e. The molecule has 0 N–H and O–H groups in total. The maximum atomic E-state index is 8.09. The predicted octanol–water partition coefficient (Wildman–Crippen LogP) is -8.92. The molecule has 4 nitrogen and oxygen atoms in total. The van der Waals surface area contributed by atoms with Gasteiger partial charge in [-0.15, -0.1) is 0 Å².